The zero-order valence-corrected chi connectivity index (χ0v) is 13.4. The molecule has 120 valence electrons. The van der Waals surface area contributed by atoms with Crippen LogP contribution in [0.4, 0.5) is 11.4 Å². The lowest BCUT2D eigenvalue weighted by Crippen LogP contribution is -2.24. The van der Waals surface area contributed by atoms with Gasteiger partial charge in [0.2, 0.25) is 0 Å². The van der Waals surface area contributed by atoms with Crippen LogP contribution in [-0.4, -0.2) is 25.6 Å². The molecule has 1 fully saturated rings. The fourth-order valence-corrected chi connectivity index (χ4v) is 2.86. The highest BCUT2D eigenvalue weighted by atomic mass is 16.5. The maximum Gasteiger partial charge on any atom is 0.262 e. The van der Waals surface area contributed by atoms with Gasteiger partial charge in [0.05, 0.1) is 11.4 Å². The van der Waals surface area contributed by atoms with Gasteiger partial charge in [0.1, 0.15) is 5.75 Å². The highest BCUT2D eigenvalue weighted by Crippen LogP contribution is 2.28. The molecule has 1 heterocycles. The van der Waals surface area contributed by atoms with E-state index >= 15 is 0 Å². The molecular formula is C19H22N2O2. The first-order valence-electron chi connectivity index (χ1n) is 8.06. The number of carbonyl (C=O) groups excluding carboxylic acids is 1. The van der Waals surface area contributed by atoms with E-state index in [1.807, 2.05) is 49.4 Å². The molecule has 1 aliphatic rings. The number of aryl methyl sites for hydroxylation is 1. The van der Waals surface area contributed by atoms with Crippen molar-refractivity contribution in [1.82, 2.24) is 0 Å². The number of hydrogen-bond donors (Lipinski definition) is 1. The molecule has 0 radical (unpaired) electrons. The third-order valence-electron chi connectivity index (χ3n) is 4.08. The molecule has 0 atom stereocenters. The van der Waals surface area contributed by atoms with Crippen LogP contribution in [0.5, 0.6) is 5.75 Å². The highest BCUT2D eigenvalue weighted by molar-refractivity contribution is 5.95. The van der Waals surface area contributed by atoms with Crippen molar-refractivity contribution >= 4 is 17.3 Å². The molecule has 2 aromatic carbocycles. The first-order chi connectivity index (χ1) is 11.2. The Morgan fingerprint density at radius 3 is 2.57 bits per heavy atom. The van der Waals surface area contributed by atoms with Crippen LogP contribution in [0.1, 0.15) is 18.4 Å². The van der Waals surface area contributed by atoms with Crippen molar-refractivity contribution < 1.29 is 9.53 Å². The molecule has 0 bridgehead atoms. The SMILES string of the molecule is Cc1ccccc1OCC(=O)Nc1ccccc1N1CCCC1. The van der Waals surface area contributed by atoms with E-state index in [1.54, 1.807) is 0 Å². The molecule has 1 amide bonds. The van der Waals surface area contributed by atoms with E-state index in [9.17, 15) is 4.79 Å². The van der Waals surface area contributed by atoms with Crippen molar-refractivity contribution in [1.29, 1.82) is 0 Å². The number of ether oxygens (including phenoxy) is 1. The van der Waals surface area contributed by atoms with Gasteiger partial charge in [-0.2, -0.15) is 0 Å². The Morgan fingerprint density at radius 2 is 1.78 bits per heavy atom. The van der Waals surface area contributed by atoms with Crippen LogP contribution in [0.25, 0.3) is 0 Å². The molecule has 0 unspecified atom stereocenters. The second-order valence-corrected chi connectivity index (χ2v) is 5.81. The monoisotopic (exact) mass is 310 g/mol. The molecule has 0 spiro atoms. The summed E-state index contributed by atoms with van der Waals surface area (Å²) in [6.07, 6.45) is 2.41. The van der Waals surface area contributed by atoms with Gasteiger partial charge in [-0.15, -0.1) is 0 Å². The van der Waals surface area contributed by atoms with Crippen LogP contribution in [-0.2, 0) is 4.79 Å². The predicted octanol–water partition coefficient (Wildman–Crippen LogP) is 3.61. The van der Waals surface area contributed by atoms with Gasteiger partial charge in [-0.25, -0.2) is 0 Å². The minimum atomic E-state index is -0.139. The summed E-state index contributed by atoms with van der Waals surface area (Å²) in [7, 11) is 0. The summed E-state index contributed by atoms with van der Waals surface area (Å²) in [4.78, 5) is 14.5. The molecule has 4 heteroatoms. The number of benzene rings is 2. The summed E-state index contributed by atoms with van der Waals surface area (Å²) in [5, 5.41) is 2.97. The van der Waals surface area contributed by atoms with E-state index in [4.69, 9.17) is 4.74 Å². The molecule has 0 saturated carbocycles. The smallest absolute Gasteiger partial charge is 0.262 e. The first-order valence-corrected chi connectivity index (χ1v) is 8.06. The number of para-hydroxylation sites is 3. The third-order valence-corrected chi connectivity index (χ3v) is 4.08. The van der Waals surface area contributed by atoms with E-state index in [0.29, 0.717) is 0 Å². The van der Waals surface area contributed by atoms with Crippen molar-refractivity contribution in [2.75, 3.05) is 29.9 Å². The van der Waals surface area contributed by atoms with Crippen LogP contribution in [0.3, 0.4) is 0 Å². The lowest BCUT2D eigenvalue weighted by molar-refractivity contribution is -0.118. The Bertz CT molecular complexity index is 679. The minimum absolute atomic E-state index is 0.0131. The van der Waals surface area contributed by atoms with Crippen molar-refractivity contribution in [2.24, 2.45) is 0 Å². The maximum atomic E-state index is 12.2. The lowest BCUT2D eigenvalue weighted by atomic mass is 10.2. The Kier molecular flexibility index (Phi) is 4.81. The van der Waals surface area contributed by atoms with Gasteiger partial charge in [0.15, 0.2) is 6.61 Å². The third kappa shape index (κ3) is 3.83. The van der Waals surface area contributed by atoms with E-state index in [-0.39, 0.29) is 12.5 Å². The lowest BCUT2D eigenvalue weighted by Gasteiger charge is -2.21. The number of carbonyl (C=O) groups is 1. The van der Waals surface area contributed by atoms with E-state index in [2.05, 4.69) is 16.3 Å². The standard InChI is InChI=1S/C19H22N2O2/c1-15-8-2-5-11-18(15)23-14-19(22)20-16-9-3-4-10-17(16)21-12-6-7-13-21/h2-5,8-11H,6-7,12-14H2,1H3,(H,20,22). The summed E-state index contributed by atoms with van der Waals surface area (Å²) in [6.45, 7) is 4.08. The summed E-state index contributed by atoms with van der Waals surface area (Å²) in [5.74, 6) is 0.607. The Balaban J connectivity index is 1.63. The van der Waals surface area contributed by atoms with E-state index in [1.165, 1.54) is 12.8 Å². The van der Waals surface area contributed by atoms with Crippen LogP contribution in [0, 0.1) is 6.92 Å². The number of rotatable bonds is 5. The van der Waals surface area contributed by atoms with Crippen LogP contribution in [0.15, 0.2) is 48.5 Å². The van der Waals surface area contributed by atoms with Crippen molar-refractivity contribution in [2.45, 2.75) is 19.8 Å². The molecule has 1 aliphatic heterocycles. The second kappa shape index (κ2) is 7.18. The van der Waals surface area contributed by atoms with Gasteiger partial charge in [0, 0.05) is 13.1 Å². The van der Waals surface area contributed by atoms with Gasteiger partial charge >= 0.3 is 0 Å². The number of anilines is 2. The van der Waals surface area contributed by atoms with Gasteiger partial charge < -0.3 is 15.0 Å². The summed E-state index contributed by atoms with van der Waals surface area (Å²) >= 11 is 0. The fourth-order valence-electron chi connectivity index (χ4n) is 2.86. The Hall–Kier alpha value is -2.49. The van der Waals surface area contributed by atoms with E-state index < -0.39 is 0 Å². The van der Waals surface area contributed by atoms with Crippen molar-refractivity contribution in [3.63, 3.8) is 0 Å². The maximum absolute atomic E-state index is 12.2. The summed E-state index contributed by atoms with van der Waals surface area (Å²) < 4.78 is 5.61. The minimum Gasteiger partial charge on any atom is -0.483 e. The average molecular weight is 310 g/mol. The molecule has 2 aromatic rings. The molecule has 3 rings (SSSR count). The quantitative estimate of drug-likeness (QED) is 0.917. The van der Waals surface area contributed by atoms with E-state index in [0.717, 1.165) is 35.8 Å². The van der Waals surface area contributed by atoms with Crippen LogP contribution < -0.4 is 15.0 Å². The molecule has 0 aliphatic carbocycles. The Labute approximate surface area is 137 Å². The first kappa shape index (κ1) is 15.4. The van der Waals surface area contributed by atoms with Gasteiger partial charge in [-0.1, -0.05) is 30.3 Å². The number of nitrogens with one attached hydrogen (secondary N) is 1. The van der Waals surface area contributed by atoms with Gasteiger partial charge in [-0.3, -0.25) is 4.79 Å². The average Bonchev–Trinajstić information content (AvgIpc) is 3.09. The predicted molar refractivity (Wildman–Crippen MR) is 93.2 cm³/mol. The molecule has 4 nitrogen and oxygen atoms in total. The Morgan fingerprint density at radius 1 is 1.09 bits per heavy atom. The van der Waals surface area contributed by atoms with Gasteiger partial charge in [-0.05, 0) is 43.5 Å². The van der Waals surface area contributed by atoms with Crippen molar-refractivity contribution in [3.8, 4) is 5.75 Å². The zero-order chi connectivity index (χ0) is 16.1. The van der Waals surface area contributed by atoms with Crippen molar-refractivity contribution in [3.05, 3.63) is 54.1 Å². The topological polar surface area (TPSA) is 41.6 Å². The number of amides is 1. The number of nitrogens with zero attached hydrogens (tertiary/aromatic N) is 1. The molecule has 0 aromatic heterocycles. The summed E-state index contributed by atoms with van der Waals surface area (Å²) in [5.41, 5.74) is 2.97. The second-order valence-electron chi connectivity index (χ2n) is 5.81. The summed E-state index contributed by atoms with van der Waals surface area (Å²) in [6, 6.07) is 15.7. The molecule has 1 N–H and O–H groups in total. The molecule has 23 heavy (non-hydrogen) atoms. The largest absolute Gasteiger partial charge is 0.483 e. The molecular weight excluding hydrogens is 288 g/mol. The fraction of sp³-hybridized carbons (Fsp3) is 0.316. The molecule has 1 saturated heterocycles. The normalized spacial score (nSPS) is 13.9. The van der Waals surface area contributed by atoms with Crippen LogP contribution >= 0.6 is 0 Å². The highest BCUT2D eigenvalue weighted by Gasteiger charge is 2.16. The zero-order valence-electron chi connectivity index (χ0n) is 13.4. The number of hydrogen-bond acceptors (Lipinski definition) is 3. The van der Waals surface area contributed by atoms with Crippen LogP contribution in [0.2, 0.25) is 0 Å². The van der Waals surface area contributed by atoms with Gasteiger partial charge in [0.25, 0.3) is 5.91 Å².